The Hall–Kier alpha value is -0.730. The lowest BCUT2D eigenvalue weighted by Gasteiger charge is -2.47. The summed E-state index contributed by atoms with van der Waals surface area (Å²) in [5, 5.41) is 4.38. The van der Waals surface area contributed by atoms with Gasteiger partial charge in [-0.15, -0.1) is 0 Å². The first-order valence-corrected chi connectivity index (χ1v) is 6.92. The minimum atomic E-state index is 0.367. The van der Waals surface area contributed by atoms with Crippen molar-refractivity contribution in [2.75, 3.05) is 24.5 Å². The van der Waals surface area contributed by atoms with Crippen LogP contribution < -0.4 is 10.2 Å². The smallest absolute Gasteiger partial charge is 0.0526 e. The van der Waals surface area contributed by atoms with Crippen LogP contribution in [0.5, 0.6) is 0 Å². The van der Waals surface area contributed by atoms with E-state index in [1.54, 1.807) is 0 Å². The van der Waals surface area contributed by atoms with Crippen LogP contribution in [-0.2, 0) is 0 Å². The average molecular weight is 251 g/mol. The molecule has 0 bridgehead atoms. The van der Waals surface area contributed by atoms with Gasteiger partial charge in [-0.3, -0.25) is 0 Å². The van der Waals surface area contributed by atoms with Crippen molar-refractivity contribution in [3.63, 3.8) is 0 Å². The van der Waals surface area contributed by atoms with E-state index in [0.29, 0.717) is 5.54 Å². The van der Waals surface area contributed by atoms with Crippen LogP contribution in [0.25, 0.3) is 0 Å². The van der Waals surface area contributed by atoms with Gasteiger partial charge in [-0.1, -0.05) is 24.4 Å². The fraction of sp³-hybridized carbons (Fsp3) is 0.571. The van der Waals surface area contributed by atoms with E-state index in [-0.39, 0.29) is 0 Å². The Kier molecular flexibility index (Phi) is 3.01. The summed E-state index contributed by atoms with van der Waals surface area (Å²) in [6, 6.07) is 8.32. The van der Waals surface area contributed by atoms with Gasteiger partial charge in [0.2, 0.25) is 0 Å². The molecule has 1 aliphatic heterocycles. The Labute approximate surface area is 108 Å². The predicted molar refractivity (Wildman–Crippen MR) is 72.9 cm³/mol. The van der Waals surface area contributed by atoms with Gasteiger partial charge in [0.25, 0.3) is 0 Å². The molecule has 0 unspecified atom stereocenters. The standard InChI is InChI=1S/C14H19ClN2/c15-12-3-5-13(6-4-12)17-10-9-16-11-14(17)7-1-2-8-14/h3-6,16H,1-2,7-11H2. The van der Waals surface area contributed by atoms with Gasteiger partial charge < -0.3 is 10.2 Å². The van der Waals surface area contributed by atoms with Crippen LogP contribution in [0.15, 0.2) is 24.3 Å². The normalized spacial score (nSPS) is 23.2. The molecule has 2 fully saturated rings. The third kappa shape index (κ3) is 2.04. The lowest BCUT2D eigenvalue weighted by molar-refractivity contribution is 0.332. The van der Waals surface area contributed by atoms with Crippen molar-refractivity contribution in [3.05, 3.63) is 29.3 Å². The van der Waals surface area contributed by atoms with Crippen LogP contribution >= 0.6 is 11.6 Å². The summed E-state index contributed by atoms with van der Waals surface area (Å²) < 4.78 is 0. The van der Waals surface area contributed by atoms with Crippen molar-refractivity contribution >= 4 is 17.3 Å². The van der Waals surface area contributed by atoms with Crippen LogP contribution in [0.3, 0.4) is 0 Å². The largest absolute Gasteiger partial charge is 0.363 e. The van der Waals surface area contributed by atoms with E-state index in [1.807, 2.05) is 12.1 Å². The van der Waals surface area contributed by atoms with Gasteiger partial charge in [0.05, 0.1) is 5.54 Å². The van der Waals surface area contributed by atoms with Gasteiger partial charge in [-0.25, -0.2) is 0 Å². The molecule has 1 aliphatic carbocycles. The molecule has 0 radical (unpaired) electrons. The molecule has 1 aromatic carbocycles. The average Bonchev–Trinajstić information content (AvgIpc) is 2.80. The number of anilines is 1. The topological polar surface area (TPSA) is 15.3 Å². The third-order valence-corrected chi connectivity index (χ3v) is 4.46. The van der Waals surface area contributed by atoms with Gasteiger partial charge in [-0.2, -0.15) is 0 Å². The Balaban J connectivity index is 1.91. The molecule has 2 nitrogen and oxygen atoms in total. The van der Waals surface area contributed by atoms with Crippen LogP contribution in [0.2, 0.25) is 5.02 Å². The zero-order valence-electron chi connectivity index (χ0n) is 10.1. The number of nitrogens with one attached hydrogen (secondary N) is 1. The maximum atomic E-state index is 5.97. The molecule has 3 rings (SSSR count). The molecule has 2 aliphatic rings. The molecular formula is C14H19ClN2. The number of halogens is 1. The molecule has 0 atom stereocenters. The van der Waals surface area contributed by atoms with E-state index >= 15 is 0 Å². The second-order valence-electron chi connectivity index (χ2n) is 5.24. The van der Waals surface area contributed by atoms with Crippen molar-refractivity contribution in [3.8, 4) is 0 Å². The molecule has 1 spiro atoms. The Bertz CT molecular complexity index is 382. The Morgan fingerprint density at radius 3 is 2.53 bits per heavy atom. The van der Waals surface area contributed by atoms with Crippen molar-refractivity contribution in [1.82, 2.24) is 5.32 Å². The quantitative estimate of drug-likeness (QED) is 0.824. The van der Waals surface area contributed by atoms with Crippen LogP contribution in [-0.4, -0.2) is 25.2 Å². The van der Waals surface area contributed by atoms with Gasteiger partial charge in [0.15, 0.2) is 0 Å². The first kappa shape index (κ1) is 11.4. The second-order valence-corrected chi connectivity index (χ2v) is 5.67. The van der Waals surface area contributed by atoms with Crippen LogP contribution in [0.4, 0.5) is 5.69 Å². The summed E-state index contributed by atoms with van der Waals surface area (Å²) in [5.41, 5.74) is 1.70. The molecular weight excluding hydrogens is 232 g/mol. The number of piperazine rings is 1. The van der Waals surface area contributed by atoms with Gasteiger partial charge in [0, 0.05) is 30.3 Å². The number of nitrogens with zero attached hydrogens (tertiary/aromatic N) is 1. The third-order valence-electron chi connectivity index (χ3n) is 4.21. The van der Waals surface area contributed by atoms with Gasteiger partial charge in [-0.05, 0) is 37.1 Å². The predicted octanol–water partition coefficient (Wildman–Crippen LogP) is 3.06. The molecule has 0 aromatic heterocycles. The Morgan fingerprint density at radius 1 is 1.12 bits per heavy atom. The summed E-state index contributed by atoms with van der Waals surface area (Å²) in [6.45, 7) is 3.33. The zero-order chi connectivity index (χ0) is 11.7. The van der Waals surface area contributed by atoms with Crippen LogP contribution in [0, 0.1) is 0 Å². The summed E-state index contributed by atoms with van der Waals surface area (Å²) in [5.74, 6) is 0. The minimum absolute atomic E-state index is 0.367. The second kappa shape index (κ2) is 4.51. The van der Waals surface area contributed by atoms with E-state index in [4.69, 9.17) is 11.6 Å². The van der Waals surface area contributed by atoms with E-state index in [9.17, 15) is 0 Å². The number of rotatable bonds is 1. The number of hydrogen-bond donors (Lipinski definition) is 1. The van der Waals surface area contributed by atoms with Crippen molar-refractivity contribution in [2.45, 2.75) is 31.2 Å². The fourth-order valence-corrected chi connectivity index (χ4v) is 3.47. The first-order chi connectivity index (χ1) is 8.30. The fourth-order valence-electron chi connectivity index (χ4n) is 3.35. The number of hydrogen-bond acceptors (Lipinski definition) is 2. The molecule has 17 heavy (non-hydrogen) atoms. The molecule has 1 saturated carbocycles. The lowest BCUT2D eigenvalue weighted by Crippen LogP contribution is -2.60. The van der Waals surface area contributed by atoms with Crippen molar-refractivity contribution in [2.24, 2.45) is 0 Å². The molecule has 1 saturated heterocycles. The zero-order valence-corrected chi connectivity index (χ0v) is 10.8. The lowest BCUT2D eigenvalue weighted by atomic mass is 9.92. The molecule has 3 heteroatoms. The van der Waals surface area contributed by atoms with E-state index < -0.39 is 0 Å². The first-order valence-electron chi connectivity index (χ1n) is 6.54. The van der Waals surface area contributed by atoms with Gasteiger partial charge in [0.1, 0.15) is 0 Å². The molecule has 0 amide bonds. The SMILES string of the molecule is Clc1ccc(N2CCNCC23CCCC3)cc1. The van der Waals surface area contributed by atoms with E-state index in [2.05, 4.69) is 22.3 Å². The maximum Gasteiger partial charge on any atom is 0.0526 e. The Morgan fingerprint density at radius 2 is 1.82 bits per heavy atom. The highest BCUT2D eigenvalue weighted by atomic mass is 35.5. The molecule has 92 valence electrons. The molecule has 1 heterocycles. The highest BCUT2D eigenvalue weighted by molar-refractivity contribution is 6.30. The van der Waals surface area contributed by atoms with Gasteiger partial charge >= 0.3 is 0 Å². The molecule has 1 aromatic rings. The molecule has 1 N–H and O–H groups in total. The summed E-state index contributed by atoms with van der Waals surface area (Å²) in [7, 11) is 0. The summed E-state index contributed by atoms with van der Waals surface area (Å²) >= 11 is 5.97. The van der Waals surface area contributed by atoms with Crippen molar-refractivity contribution in [1.29, 1.82) is 0 Å². The summed E-state index contributed by atoms with van der Waals surface area (Å²) in [6.07, 6.45) is 5.38. The van der Waals surface area contributed by atoms with Crippen molar-refractivity contribution < 1.29 is 0 Å². The highest BCUT2D eigenvalue weighted by Crippen LogP contribution is 2.39. The highest BCUT2D eigenvalue weighted by Gasteiger charge is 2.41. The van der Waals surface area contributed by atoms with E-state index in [1.165, 1.54) is 31.4 Å². The minimum Gasteiger partial charge on any atom is -0.363 e. The number of benzene rings is 1. The van der Waals surface area contributed by atoms with Crippen LogP contribution in [0.1, 0.15) is 25.7 Å². The van der Waals surface area contributed by atoms with E-state index in [0.717, 1.165) is 24.7 Å². The maximum absolute atomic E-state index is 5.97. The summed E-state index contributed by atoms with van der Waals surface area (Å²) in [4.78, 5) is 2.60. The monoisotopic (exact) mass is 250 g/mol.